The molecule has 1 amide bonds. The molecule has 1 aliphatic heterocycles. The van der Waals surface area contributed by atoms with Gasteiger partial charge in [0.1, 0.15) is 5.60 Å². The van der Waals surface area contributed by atoms with Gasteiger partial charge in [-0.25, -0.2) is 4.79 Å². The standard InChI is InChI=1S/C13H24N2O2/c1-13(2,3)17-12(16)15-8-4-5-11(9-15)14-10-6-7-10/h10-11,14H,4-9H2,1-3H3/t11-/m1/s1. The normalized spacial score (nSPS) is 25.8. The second-order valence-corrected chi connectivity index (χ2v) is 6.21. The Morgan fingerprint density at radius 1 is 1.24 bits per heavy atom. The molecule has 4 heteroatoms. The second-order valence-electron chi connectivity index (χ2n) is 6.21. The highest BCUT2D eigenvalue weighted by Crippen LogP contribution is 2.22. The maximum atomic E-state index is 11.9. The first kappa shape index (κ1) is 12.7. The van der Waals surface area contributed by atoms with Crippen molar-refractivity contribution in [1.82, 2.24) is 10.2 Å². The van der Waals surface area contributed by atoms with Gasteiger partial charge < -0.3 is 15.0 Å². The van der Waals surface area contributed by atoms with Gasteiger partial charge in [0, 0.05) is 25.2 Å². The quantitative estimate of drug-likeness (QED) is 0.804. The molecule has 0 aromatic heterocycles. The van der Waals surface area contributed by atoms with Crippen LogP contribution in [-0.4, -0.2) is 41.8 Å². The zero-order valence-electron chi connectivity index (χ0n) is 11.2. The molecule has 2 aliphatic rings. The summed E-state index contributed by atoms with van der Waals surface area (Å²) in [5.41, 5.74) is -0.395. The third-order valence-electron chi connectivity index (χ3n) is 3.12. The maximum Gasteiger partial charge on any atom is 0.410 e. The number of nitrogens with zero attached hydrogens (tertiary/aromatic N) is 1. The van der Waals surface area contributed by atoms with Gasteiger partial charge in [0.2, 0.25) is 0 Å². The zero-order valence-corrected chi connectivity index (χ0v) is 11.2. The van der Waals surface area contributed by atoms with Crippen molar-refractivity contribution >= 4 is 6.09 Å². The molecule has 98 valence electrons. The molecule has 2 fully saturated rings. The van der Waals surface area contributed by atoms with Gasteiger partial charge >= 0.3 is 6.09 Å². The maximum absolute atomic E-state index is 11.9. The van der Waals surface area contributed by atoms with Crippen LogP contribution in [-0.2, 0) is 4.74 Å². The van der Waals surface area contributed by atoms with Gasteiger partial charge in [0.05, 0.1) is 0 Å². The fraction of sp³-hybridized carbons (Fsp3) is 0.923. The number of nitrogens with one attached hydrogen (secondary N) is 1. The minimum absolute atomic E-state index is 0.167. The Morgan fingerprint density at radius 3 is 2.53 bits per heavy atom. The first-order valence-corrected chi connectivity index (χ1v) is 6.68. The van der Waals surface area contributed by atoms with Crippen molar-refractivity contribution in [2.75, 3.05) is 13.1 Å². The highest BCUT2D eigenvalue weighted by Gasteiger charge is 2.30. The average molecular weight is 240 g/mol. The van der Waals surface area contributed by atoms with Crippen LogP contribution in [0, 0.1) is 0 Å². The largest absolute Gasteiger partial charge is 0.444 e. The summed E-state index contributed by atoms with van der Waals surface area (Å²) in [6.45, 7) is 7.36. The molecule has 1 aliphatic carbocycles. The van der Waals surface area contributed by atoms with Crippen LogP contribution >= 0.6 is 0 Å². The Hall–Kier alpha value is -0.770. The van der Waals surface area contributed by atoms with Crippen molar-refractivity contribution in [3.63, 3.8) is 0 Å². The van der Waals surface area contributed by atoms with Gasteiger partial charge in [-0.15, -0.1) is 0 Å². The van der Waals surface area contributed by atoms with E-state index in [4.69, 9.17) is 4.74 Å². The predicted molar refractivity (Wildman–Crippen MR) is 67.0 cm³/mol. The van der Waals surface area contributed by atoms with Crippen LogP contribution in [0.5, 0.6) is 0 Å². The van der Waals surface area contributed by atoms with Gasteiger partial charge in [0.15, 0.2) is 0 Å². The van der Waals surface area contributed by atoms with Crippen LogP contribution in [0.25, 0.3) is 0 Å². The summed E-state index contributed by atoms with van der Waals surface area (Å²) >= 11 is 0. The third kappa shape index (κ3) is 4.19. The molecule has 2 rings (SSSR count). The number of hydrogen-bond acceptors (Lipinski definition) is 3. The lowest BCUT2D eigenvalue weighted by molar-refractivity contribution is 0.0187. The minimum Gasteiger partial charge on any atom is -0.444 e. The molecule has 1 heterocycles. The lowest BCUT2D eigenvalue weighted by Crippen LogP contribution is -2.49. The number of hydrogen-bond donors (Lipinski definition) is 1. The second kappa shape index (κ2) is 4.84. The summed E-state index contributed by atoms with van der Waals surface area (Å²) in [5, 5.41) is 3.59. The molecule has 1 saturated heterocycles. The van der Waals surface area contributed by atoms with E-state index in [9.17, 15) is 4.79 Å². The third-order valence-corrected chi connectivity index (χ3v) is 3.12. The number of ether oxygens (including phenoxy) is 1. The lowest BCUT2D eigenvalue weighted by atomic mass is 10.1. The average Bonchev–Trinajstić information content (AvgIpc) is 2.99. The molecule has 1 N–H and O–H groups in total. The van der Waals surface area contributed by atoms with Gasteiger partial charge in [-0.1, -0.05) is 0 Å². The summed E-state index contributed by atoms with van der Waals surface area (Å²) in [5.74, 6) is 0. The topological polar surface area (TPSA) is 41.6 Å². The Kier molecular flexibility index (Phi) is 3.61. The summed E-state index contributed by atoms with van der Waals surface area (Å²) in [7, 11) is 0. The number of rotatable bonds is 2. The fourth-order valence-corrected chi connectivity index (χ4v) is 2.19. The number of carbonyl (C=O) groups excluding carboxylic acids is 1. The highest BCUT2D eigenvalue weighted by molar-refractivity contribution is 5.68. The van der Waals surface area contributed by atoms with Crippen LogP contribution in [0.4, 0.5) is 4.79 Å². The molecule has 1 atom stereocenters. The van der Waals surface area contributed by atoms with Crippen molar-refractivity contribution < 1.29 is 9.53 Å². The molecule has 0 radical (unpaired) electrons. The van der Waals surface area contributed by atoms with E-state index in [1.54, 1.807) is 0 Å². The van der Waals surface area contributed by atoms with E-state index in [2.05, 4.69) is 5.32 Å². The summed E-state index contributed by atoms with van der Waals surface area (Å²) < 4.78 is 5.41. The van der Waals surface area contributed by atoms with Crippen molar-refractivity contribution in [2.45, 2.75) is 64.1 Å². The molecule has 0 unspecified atom stereocenters. The van der Waals surface area contributed by atoms with E-state index in [1.807, 2.05) is 25.7 Å². The van der Waals surface area contributed by atoms with E-state index < -0.39 is 5.60 Å². The number of likely N-dealkylation sites (tertiary alicyclic amines) is 1. The van der Waals surface area contributed by atoms with Crippen molar-refractivity contribution in [3.05, 3.63) is 0 Å². The molecule has 0 aromatic carbocycles. The summed E-state index contributed by atoms with van der Waals surface area (Å²) in [6, 6.07) is 1.17. The van der Waals surface area contributed by atoms with Crippen molar-refractivity contribution in [3.8, 4) is 0 Å². The number of amides is 1. The van der Waals surface area contributed by atoms with E-state index in [0.717, 1.165) is 19.5 Å². The van der Waals surface area contributed by atoms with Crippen LogP contribution in [0.2, 0.25) is 0 Å². The van der Waals surface area contributed by atoms with Crippen LogP contribution < -0.4 is 5.32 Å². The predicted octanol–water partition coefficient (Wildman–Crippen LogP) is 2.14. The van der Waals surface area contributed by atoms with E-state index in [1.165, 1.54) is 19.3 Å². The lowest BCUT2D eigenvalue weighted by Gasteiger charge is -2.34. The van der Waals surface area contributed by atoms with Crippen LogP contribution in [0.15, 0.2) is 0 Å². The molecule has 0 bridgehead atoms. The minimum atomic E-state index is -0.395. The number of carbonyl (C=O) groups is 1. The molecule has 0 aromatic rings. The Labute approximate surface area is 104 Å². The Balaban J connectivity index is 1.81. The first-order chi connectivity index (χ1) is 7.94. The fourth-order valence-electron chi connectivity index (χ4n) is 2.19. The Morgan fingerprint density at radius 2 is 1.94 bits per heavy atom. The molecular weight excluding hydrogens is 216 g/mol. The van der Waals surface area contributed by atoms with Crippen LogP contribution in [0.3, 0.4) is 0 Å². The highest BCUT2D eigenvalue weighted by atomic mass is 16.6. The summed E-state index contributed by atoms with van der Waals surface area (Å²) in [4.78, 5) is 13.8. The molecule has 17 heavy (non-hydrogen) atoms. The summed E-state index contributed by atoms with van der Waals surface area (Å²) in [6.07, 6.45) is 4.67. The van der Waals surface area contributed by atoms with Gasteiger partial charge in [-0.2, -0.15) is 0 Å². The van der Waals surface area contributed by atoms with E-state index >= 15 is 0 Å². The molecular formula is C13H24N2O2. The molecule has 1 saturated carbocycles. The first-order valence-electron chi connectivity index (χ1n) is 6.68. The van der Waals surface area contributed by atoms with Gasteiger partial charge in [-0.3, -0.25) is 0 Å². The Bertz CT molecular complexity index is 282. The molecule has 0 spiro atoms. The van der Waals surface area contributed by atoms with E-state index in [-0.39, 0.29) is 6.09 Å². The monoisotopic (exact) mass is 240 g/mol. The smallest absolute Gasteiger partial charge is 0.410 e. The van der Waals surface area contributed by atoms with Crippen LogP contribution in [0.1, 0.15) is 46.5 Å². The zero-order chi connectivity index (χ0) is 12.5. The van der Waals surface area contributed by atoms with Crippen molar-refractivity contribution in [2.24, 2.45) is 0 Å². The van der Waals surface area contributed by atoms with Crippen molar-refractivity contribution in [1.29, 1.82) is 0 Å². The SMILES string of the molecule is CC(C)(C)OC(=O)N1CCC[C@@H](NC2CC2)C1. The van der Waals surface area contributed by atoms with Gasteiger partial charge in [-0.05, 0) is 46.5 Å². The van der Waals surface area contributed by atoms with E-state index in [0.29, 0.717) is 12.1 Å². The number of piperidine rings is 1. The van der Waals surface area contributed by atoms with Gasteiger partial charge in [0.25, 0.3) is 0 Å². The molecule has 4 nitrogen and oxygen atoms in total.